The van der Waals surface area contributed by atoms with Crippen LogP contribution in [0.2, 0.25) is 5.02 Å². The molecule has 3 aliphatic rings. The van der Waals surface area contributed by atoms with E-state index in [2.05, 4.69) is 15.0 Å². The molecule has 0 spiro atoms. The predicted octanol–water partition coefficient (Wildman–Crippen LogP) is 3.67. The lowest BCUT2D eigenvalue weighted by Gasteiger charge is -2.26. The Morgan fingerprint density at radius 3 is 2.68 bits per heavy atom. The first-order valence-electron chi connectivity index (χ1n) is 10.7. The summed E-state index contributed by atoms with van der Waals surface area (Å²) in [7, 11) is 1.58. The number of halogens is 1. The van der Waals surface area contributed by atoms with E-state index in [0.29, 0.717) is 29.2 Å². The Bertz CT molecular complexity index is 1290. The first kappa shape index (κ1) is 22.7. The zero-order chi connectivity index (χ0) is 24.0. The highest BCUT2D eigenvalue weighted by Crippen LogP contribution is 2.32. The third kappa shape index (κ3) is 3.91. The van der Waals surface area contributed by atoms with Crippen LogP contribution in [-0.2, 0) is 9.53 Å². The zero-order valence-corrected chi connectivity index (χ0v) is 20.5. The zero-order valence-electron chi connectivity index (χ0n) is 19.0. The summed E-state index contributed by atoms with van der Waals surface area (Å²) in [6.07, 6.45) is 1.71. The first-order chi connectivity index (χ1) is 16.4. The number of methoxy groups -OCH3 is 1. The van der Waals surface area contributed by atoms with Crippen molar-refractivity contribution in [3.05, 3.63) is 51.8 Å². The van der Waals surface area contributed by atoms with Crippen molar-refractivity contribution in [3.63, 3.8) is 0 Å². The average Bonchev–Trinajstić information content (AvgIpc) is 3.37. The molecule has 4 heterocycles. The van der Waals surface area contributed by atoms with Crippen LogP contribution in [0.25, 0.3) is 11.8 Å². The lowest BCUT2D eigenvalue weighted by Crippen LogP contribution is -2.39. The van der Waals surface area contributed by atoms with Gasteiger partial charge in [0.05, 0.1) is 30.9 Å². The number of ether oxygens (including phenoxy) is 2. The molecule has 1 fully saturated rings. The van der Waals surface area contributed by atoms with Gasteiger partial charge in [-0.1, -0.05) is 11.6 Å². The highest BCUT2D eigenvalue weighted by atomic mass is 35.5. The van der Waals surface area contributed by atoms with Crippen LogP contribution in [0.4, 0.5) is 0 Å². The number of thioether (sulfide) groups is 1. The van der Waals surface area contributed by atoms with Crippen molar-refractivity contribution < 1.29 is 14.3 Å². The van der Waals surface area contributed by atoms with E-state index in [0.717, 1.165) is 40.9 Å². The van der Waals surface area contributed by atoms with Crippen molar-refractivity contribution in [1.29, 1.82) is 5.41 Å². The van der Waals surface area contributed by atoms with Gasteiger partial charge in [-0.2, -0.15) is 10.0 Å². The van der Waals surface area contributed by atoms with Crippen LogP contribution in [0, 0.1) is 19.3 Å². The SMILES string of the molecule is COc1ccc(-n2c(C)cc(/C=C3/C(=N)N4N=C(N5CCOCC5)SC4=NC3=O)c2C)cc1Cl. The Hall–Kier alpha value is -3.08. The fourth-order valence-electron chi connectivity index (χ4n) is 4.15. The van der Waals surface area contributed by atoms with E-state index in [1.165, 1.54) is 16.8 Å². The Morgan fingerprint density at radius 1 is 1.21 bits per heavy atom. The molecule has 9 nitrogen and oxygen atoms in total. The van der Waals surface area contributed by atoms with E-state index in [1.807, 2.05) is 42.7 Å². The maximum Gasteiger partial charge on any atom is 0.283 e. The number of nitrogens with zero attached hydrogens (tertiary/aromatic N) is 5. The maximum atomic E-state index is 12.9. The fourth-order valence-corrected chi connectivity index (χ4v) is 5.34. The summed E-state index contributed by atoms with van der Waals surface area (Å²) in [4.78, 5) is 19.2. The lowest BCUT2D eigenvalue weighted by molar-refractivity contribution is -0.114. The van der Waals surface area contributed by atoms with Crippen molar-refractivity contribution in [1.82, 2.24) is 14.5 Å². The van der Waals surface area contributed by atoms with Gasteiger partial charge < -0.3 is 18.9 Å². The van der Waals surface area contributed by atoms with Crippen LogP contribution in [0.15, 0.2) is 39.9 Å². The Balaban J connectivity index is 1.47. The molecule has 1 amide bonds. The summed E-state index contributed by atoms with van der Waals surface area (Å²) in [6.45, 7) is 6.64. The monoisotopic (exact) mass is 498 g/mol. The molecule has 176 valence electrons. The molecule has 0 bridgehead atoms. The van der Waals surface area contributed by atoms with Gasteiger partial charge in [-0.25, -0.2) is 0 Å². The predicted molar refractivity (Wildman–Crippen MR) is 134 cm³/mol. The number of carbonyl (C=O) groups excluding carboxylic acids is 1. The normalized spacial score (nSPS) is 19.5. The summed E-state index contributed by atoms with van der Waals surface area (Å²) < 4.78 is 12.7. The maximum absolute atomic E-state index is 12.9. The van der Waals surface area contributed by atoms with E-state index < -0.39 is 5.91 Å². The number of fused-ring (bicyclic) bond motifs is 1. The highest BCUT2D eigenvalue weighted by molar-refractivity contribution is 8.26. The Morgan fingerprint density at radius 2 is 1.97 bits per heavy atom. The van der Waals surface area contributed by atoms with Crippen LogP contribution < -0.4 is 4.74 Å². The molecule has 11 heteroatoms. The van der Waals surface area contributed by atoms with Crippen molar-refractivity contribution in [2.45, 2.75) is 13.8 Å². The number of rotatable bonds is 3. The van der Waals surface area contributed by atoms with Crippen LogP contribution in [0.1, 0.15) is 17.0 Å². The molecule has 34 heavy (non-hydrogen) atoms. The van der Waals surface area contributed by atoms with Gasteiger partial charge in [0.15, 0.2) is 11.0 Å². The molecule has 0 atom stereocenters. The second kappa shape index (κ2) is 8.94. The molecule has 1 aromatic heterocycles. The first-order valence-corrected chi connectivity index (χ1v) is 11.9. The number of hydrogen-bond acceptors (Lipinski definition) is 7. The lowest BCUT2D eigenvalue weighted by atomic mass is 10.1. The number of amides is 1. The number of carbonyl (C=O) groups is 1. The van der Waals surface area contributed by atoms with Crippen LogP contribution in [0.5, 0.6) is 5.75 Å². The van der Waals surface area contributed by atoms with Gasteiger partial charge in [-0.3, -0.25) is 10.2 Å². The third-order valence-corrected chi connectivity index (χ3v) is 7.15. The molecular weight excluding hydrogens is 476 g/mol. The van der Waals surface area contributed by atoms with Gasteiger partial charge in [0.2, 0.25) is 5.17 Å². The number of morpholine rings is 1. The number of nitrogens with one attached hydrogen (secondary N) is 1. The minimum atomic E-state index is -0.445. The van der Waals surface area contributed by atoms with E-state index in [4.69, 9.17) is 26.5 Å². The quantitative estimate of drug-likeness (QED) is 0.649. The number of amidine groups is 3. The molecule has 1 aromatic carbocycles. The molecule has 1 saturated heterocycles. The van der Waals surface area contributed by atoms with E-state index >= 15 is 0 Å². The van der Waals surface area contributed by atoms with Gasteiger partial charge in [0.1, 0.15) is 5.75 Å². The molecular formula is C23H23ClN6O3S. The number of hydrogen-bond donors (Lipinski definition) is 1. The number of aliphatic imine (C=N–C) groups is 1. The summed E-state index contributed by atoms with van der Waals surface area (Å²) in [6, 6.07) is 7.56. The summed E-state index contributed by atoms with van der Waals surface area (Å²) in [5.74, 6) is 0.174. The summed E-state index contributed by atoms with van der Waals surface area (Å²) in [5.41, 5.74) is 3.78. The van der Waals surface area contributed by atoms with E-state index in [9.17, 15) is 4.79 Å². The van der Waals surface area contributed by atoms with Crippen molar-refractivity contribution >= 4 is 51.5 Å². The largest absolute Gasteiger partial charge is 0.495 e. The number of benzene rings is 1. The van der Waals surface area contributed by atoms with Gasteiger partial charge >= 0.3 is 0 Å². The molecule has 0 radical (unpaired) electrons. The van der Waals surface area contributed by atoms with Crippen molar-refractivity contribution in [2.75, 3.05) is 33.4 Å². The highest BCUT2D eigenvalue weighted by Gasteiger charge is 2.37. The van der Waals surface area contributed by atoms with Gasteiger partial charge in [-0.05, 0) is 61.5 Å². The second-order valence-corrected chi connectivity index (χ2v) is 9.32. The van der Waals surface area contributed by atoms with Crippen molar-refractivity contribution in [3.8, 4) is 11.4 Å². The number of aromatic nitrogens is 1. The van der Waals surface area contributed by atoms with Gasteiger partial charge in [0.25, 0.3) is 5.91 Å². The number of hydrazone groups is 1. The third-order valence-electron chi connectivity index (χ3n) is 5.89. The smallest absolute Gasteiger partial charge is 0.283 e. The van der Waals surface area contributed by atoms with Crippen molar-refractivity contribution in [2.24, 2.45) is 10.1 Å². The average molecular weight is 499 g/mol. The molecule has 0 unspecified atom stereocenters. The van der Waals surface area contributed by atoms with Gasteiger partial charge in [-0.15, -0.1) is 5.10 Å². The molecule has 2 aromatic rings. The molecule has 0 saturated carbocycles. The van der Waals surface area contributed by atoms with Crippen LogP contribution >= 0.6 is 23.4 Å². The van der Waals surface area contributed by atoms with Crippen LogP contribution in [0.3, 0.4) is 0 Å². The van der Waals surface area contributed by atoms with Crippen LogP contribution in [-0.4, -0.2) is 70.0 Å². The molecule has 0 aliphatic carbocycles. The molecule has 3 aliphatic heterocycles. The standard InChI is InChI=1S/C23H23ClN6O3S/c1-13-10-15(14(2)29(13)16-4-5-19(32-3)18(24)12-16)11-17-20(25)30-22(26-21(17)31)34-23(27-30)28-6-8-33-9-7-28/h4-5,10-12,25H,6-9H2,1-3H3/b17-11-,25-20?. The second-order valence-electron chi connectivity index (χ2n) is 7.98. The minimum Gasteiger partial charge on any atom is -0.495 e. The number of aryl methyl sites for hydroxylation is 1. The Kier molecular flexibility index (Phi) is 5.97. The Labute approximate surface area is 206 Å². The summed E-state index contributed by atoms with van der Waals surface area (Å²) in [5, 5.41) is 16.3. The topological polar surface area (TPSA) is 95.5 Å². The van der Waals surface area contributed by atoms with Gasteiger partial charge in [0, 0.05) is 30.2 Å². The molecule has 1 N–H and O–H groups in total. The minimum absolute atomic E-state index is 0.0167. The fraction of sp³-hybridized carbons (Fsp3) is 0.304. The van der Waals surface area contributed by atoms with E-state index in [1.54, 1.807) is 13.2 Å². The molecule has 5 rings (SSSR count). The van der Waals surface area contributed by atoms with E-state index in [-0.39, 0.29) is 11.4 Å². The summed E-state index contributed by atoms with van der Waals surface area (Å²) >= 11 is 7.64.